The molecular weight excluding hydrogens is 316 g/mol. The summed E-state index contributed by atoms with van der Waals surface area (Å²) in [7, 11) is 0. The van der Waals surface area contributed by atoms with E-state index in [-0.39, 0.29) is 23.3 Å². The topological polar surface area (TPSA) is 55.6 Å². The van der Waals surface area contributed by atoms with E-state index in [4.69, 9.17) is 9.26 Å². The van der Waals surface area contributed by atoms with Crippen LogP contribution in [0.2, 0.25) is 0 Å². The minimum Gasteiger partial charge on any atom is -0.367 e. The summed E-state index contributed by atoms with van der Waals surface area (Å²) in [6.45, 7) is 10.5. The van der Waals surface area contributed by atoms with E-state index >= 15 is 0 Å². The number of ether oxygens (including phenoxy) is 1. The minimum absolute atomic E-state index is 0.0550. The van der Waals surface area contributed by atoms with Gasteiger partial charge in [-0.3, -0.25) is 4.79 Å². The van der Waals surface area contributed by atoms with Gasteiger partial charge in [0.15, 0.2) is 0 Å². The molecule has 0 bridgehead atoms. The zero-order valence-corrected chi connectivity index (χ0v) is 15.6. The van der Waals surface area contributed by atoms with Crippen molar-refractivity contribution in [3.05, 3.63) is 53.4 Å². The first-order valence-electron chi connectivity index (χ1n) is 8.66. The van der Waals surface area contributed by atoms with Gasteiger partial charge in [0.2, 0.25) is 5.76 Å². The van der Waals surface area contributed by atoms with Crippen molar-refractivity contribution in [3.8, 4) is 0 Å². The van der Waals surface area contributed by atoms with Crippen molar-refractivity contribution in [2.75, 3.05) is 0 Å². The number of rotatable bonds is 4. The molecule has 1 amide bonds. The molecule has 134 valence electrons. The predicted octanol–water partition coefficient (Wildman–Crippen LogP) is 3.97. The van der Waals surface area contributed by atoms with Crippen LogP contribution in [0.25, 0.3) is 0 Å². The van der Waals surface area contributed by atoms with E-state index in [0.29, 0.717) is 12.2 Å². The summed E-state index contributed by atoms with van der Waals surface area (Å²) >= 11 is 0. The quantitative estimate of drug-likeness (QED) is 0.843. The number of carbonyl (C=O) groups is 1. The molecule has 0 spiro atoms. The molecule has 2 heterocycles. The molecule has 0 aliphatic carbocycles. The Morgan fingerprint density at radius 1 is 1.24 bits per heavy atom. The van der Waals surface area contributed by atoms with Gasteiger partial charge in [-0.15, -0.1) is 0 Å². The Bertz CT molecular complexity index is 749. The number of hydrogen-bond donors (Lipinski definition) is 0. The van der Waals surface area contributed by atoms with Crippen molar-refractivity contribution in [2.24, 2.45) is 0 Å². The lowest BCUT2D eigenvalue weighted by atomic mass is 9.92. The molecule has 1 atom stereocenters. The number of aromatic nitrogens is 1. The van der Waals surface area contributed by atoms with Crippen LogP contribution in [0.5, 0.6) is 0 Å². The fourth-order valence-corrected chi connectivity index (χ4v) is 3.73. The number of carbonyl (C=O) groups excluding carboxylic acids is 1. The van der Waals surface area contributed by atoms with Gasteiger partial charge in [-0.05, 0) is 46.6 Å². The molecule has 1 fully saturated rings. The second-order valence-corrected chi connectivity index (χ2v) is 7.94. The number of benzene rings is 1. The Labute approximate surface area is 148 Å². The maximum atomic E-state index is 13.2. The van der Waals surface area contributed by atoms with Crippen molar-refractivity contribution in [1.29, 1.82) is 0 Å². The lowest BCUT2D eigenvalue weighted by Gasteiger charge is -2.36. The SMILES string of the molecule is Cc1cc(C(=O)N(Cc2ccccc2)C2CC(C)(C)OC2(C)C)on1. The van der Waals surface area contributed by atoms with Crippen LogP contribution in [0.15, 0.2) is 40.9 Å². The van der Waals surface area contributed by atoms with Crippen LogP contribution in [-0.4, -0.2) is 33.2 Å². The van der Waals surface area contributed by atoms with Crippen molar-refractivity contribution in [2.45, 2.75) is 64.8 Å². The fraction of sp³-hybridized carbons (Fsp3) is 0.500. The molecule has 1 aliphatic rings. The first-order chi connectivity index (χ1) is 11.7. The monoisotopic (exact) mass is 342 g/mol. The highest BCUT2D eigenvalue weighted by atomic mass is 16.5. The summed E-state index contributed by atoms with van der Waals surface area (Å²) in [6, 6.07) is 11.6. The zero-order valence-electron chi connectivity index (χ0n) is 15.6. The van der Waals surface area contributed by atoms with Crippen molar-refractivity contribution < 1.29 is 14.1 Å². The molecule has 1 aromatic heterocycles. The van der Waals surface area contributed by atoms with E-state index in [9.17, 15) is 4.79 Å². The summed E-state index contributed by atoms with van der Waals surface area (Å²) in [5.74, 6) is 0.123. The molecule has 0 radical (unpaired) electrons. The maximum Gasteiger partial charge on any atom is 0.293 e. The van der Waals surface area contributed by atoms with Crippen LogP contribution in [-0.2, 0) is 11.3 Å². The Morgan fingerprint density at radius 2 is 1.92 bits per heavy atom. The van der Waals surface area contributed by atoms with Crippen LogP contribution in [0.1, 0.15) is 55.9 Å². The Balaban J connectivity index is 1.95. The van der Waals surface area contributed by atoms with Gasteiger partial charge in [0.05, 0.1) is 22.9 Å². The van der Waals surface area contributed by atoms with Gasteiger partial charge in [0.1, 0.15) is 0 Å². The van der Waals surface area contributed by atoms with E-state index in [2.05, 4.69) is 19.0 Å². The van der Waals surface area contributed by atoms with Crippen LogP contribution >= 0.6 is 0 Å². The molecule has 25 heavy (non-hydrogen) atoms. The predicted molar refractivity (Wildman–Crippen MR) is 95.2 cm³/mol. The van der Waals surface area contributed by atoms with Gasteiger partial charge in [-0.25, -0.2) is 0 Å². The van der Waals surface area contributed by atoms with Crippen molar-refractivity contribution in [3.63, 3.8) is 0 Å². The smallest absolute Gasteiger partial charge is 0.293 e. The molecule has 1 aliphatic heterocycles. The normalized spacial score (nSPS) is 21.2. The van der Waals surface area contributed by atoms with Crippen LogP contribution < -0.4 is 0 Å². The van der Waals surface area contributed by atoms with E-state index in [1.165, 1.54) is 0 Å². The third-order valence-corrected chi connectivity index (χ3v) is 4.70. The zero-order chi connectivity index (χ0) is 18.2. The Hall–Kier alpha value is -2.14. The fourth-order valence-electron chi connectivity index (χ4n) is 3.73. The number of nitrogens with zero attached hydrogens (tertiary/aromatic N) is 2. The van der Waals surface area contributed by atoms with E-state index < -0.39 is 5.60 Å². The van der Waals surface area contributed by atoms with E-state index in [1.807, 2.05) is 56.0 Å². The largest absolute Gasteiger partial charge is 0.367 e. The molecule has 0 N–H and O–H groups in total. The molecule has 5 nitrogen and oxygen atoms in total. The summed E-state index contributed by atoms with van der Waals surface area (Å²) in [5.41, 5.74) is 1.06. The van der Waals surface area contributed by atoms with Gasteiger partial charge in [0.25, 0.3) is 5.91 Å². The molecule has 3 rings (SSSR count). The van der Waals surface area contributed by atoms with Gasteiger partial charge in [0, 0.05) is 12.6 Å². The molecular formula is C20H26N2O3. The lowest BCUT2D eigenvalue weighted by molar-refractivity contribution is -0.0787. The van der Waals surface area contributed by atoms with Gasteiger partial charge >= 0.3 is 0 Å². The highest BCUT2D eigenvalue weighted by Crippen LogP contribution is 2.41. The highest BCUT2D eigenvalue weighted by molar-refractivity contribution is 5.91. The second kappa shape index (κ2) is 6.30. The molecule has 5 heteroatoms. The van der Waals surface area contributed by atoms with Gasteiger partial charge < -0.3 is 14.2 Å². The lowest BCUT2D eigenvalue weighted by Crippen LogP contribution is -2.49. The van der Waals surface area contributed by atoms with Gasteiger partial charge in [-0.2, -0.15) is 0 Å². The van der Waals surface area contributed by atoms with Gasteiger partial charge in [-0.1, -0.05) is 35.5 Å². The second-order valence-electron chi connectivity index (χ2n) is 7.94. The number of hydrogen-bond acceptors (Lipinski definition) is 4. The molecule has 2 aromatic rings. The molecule has 0 saturated carbocycles. The summed E-state index contributed by atoms with van der Waals surface area (Å²) < 4.78 is 11.5. The van der Waals surface area contributed by atoms with Crippen molar-refractivity contribution >= 4 is 5.91 Å². The Morgan fingerprint density at radius 3 is 2.44 bits per heavy atom. The molecule has 1 unspecified atom stereocenters. The molecule has 1 saturated heterocycles. The third-order valence-electron chi connectivity index (χ3n) is 4.70. The maximum absolute atomic E-state index is 13.2. The average molecular weight is 342 g/mol. The summed E-state index contributed by atoms with van der Waals surface area (Å²) in [5, 5.41) is 3.86. The van der Waals surface area contributed by atoms with Crippen LogP contribution in [0.3, 0.4) is 0 Å². The summed E-state index contributed by atoms with van der Waals surface area (Å²) in [6.07, 6.45) is 0.770. The first kappa shape index (κ1) is 17.7. The average Bonchev–Trinajstić information content (AvgIpc) is 3.05. The Kier molecular flexibility index (Phi) is 4.45. The van der Waals surface area contributed by atoms with Crippen LogP contribution in [0.4, 0.5) is 0 Å². The number of aryl methyl sites for hydroxylation is 1. The van der Waals surface area contributed by atoms with Crippen molar-refractivity contribution in [1.82, 2.24) is 10.1 Å². The van der Waals surface area contributed by atoms with Crippen LogP contribution in [0, 0.1) is 6.92 Å². The number of amides is 1. The first-order valence-corrected chi connectivity index (χ1v) is 8.66. The van der Waals surface area contributed by atoms with E-state index in [1.54, 1.807) is 6.07 Å². The highest BCUT2D eigenvalue weighted by Gasteiger charge is 2.50. The minimum atomic E-state index is -0.441. The standard InChI is InChI=1S/C20H26N2O3/c1-14-11-16(24-21-14)18(23)22(13-15-9-7-6-8-10-15)17-12-19(2,3)25-20(17,4)5/h6-11,17H,12-13H2,1-5H3. The summed E-state index contributed by atoms with van der Waals surface area (Å²) in [4.78, 5) is 15.1. The molecule has 1 aromatic carbocycles. The third kappa shape index (κ3) is 3.76. The van der Waals surface area contributed by atoms with E-state index in [0.717, 1.165) is 12.0 Å².